The molecule has 182 valence electrons. The number of aryl methyl sites for hydroxylation is 2. The fraction of sp³-hybridized carbons (Fsp3) is 0.107. The molecule has 0 unspecified atom stereocenters. The molecule has 1 N–H and O–H groups in total. The molecule has 0 fully saturated rings. The fourth-order valence-electron chi connectivity index (χ4n) is 4.14. The van der Waals surface area contributed by atoms with Crippen molar-refractivity contribution in [2.24, 2.45) is 0 Å². The topological polar surface area (TPSA) is 102 Å². The number of hydrogen-bond donors (Lipinski definition) is 1. The van der Waals surface area contributed by atoms with Crippen LogP contribution in [0.15, 0.2) is 82.0 Å². The third kappa shape index (κ3) is 4.19. The summed E-state index contributed by atoms with van der Waals surface area (Å²) in [6.45, 7) is 3.95. The third-order valence-corrected chi connectivity index (χ3v) is 7.15. The molecule has 0 saturated carbocycles. The zero-order valence-corrected chi connectivity index (χ0v) is 20.9. The van der Waals surface area contributed by atoms with Gasteiger partial charge in [0, 0.05) is 28.6 Å². The molecule has 0 bridgehead atoms. The van der Waals surface area contributed by atoms with Gasteiger partial charge in [-0.1, -0.05) is 60.7 Å². The Kier molecular flexibility index (Phi) is 5.61. The van der Waals surface area contributed by atoms with Crippen LogP contribution in [0.5, 0.6) is 0 Å². The maximum absolute atomic E-state index is 13.1. The maximum Gasteiger partial charge on any atom is 0.344 e. The van der Waals surface area contributed by atoms with Crippen molar-refractivity contribution >= 4 is 38.9 Å². The van der Waals surface area contributed by atoms with E-state index >= 15 is 0 Å². The van der Waals surface area contributed by atoms with Crippen molar-refractivity contribution in [1.29, 1.82) is 0 Å². The minimum absolute atomic E-state index is 0.247. The number of hydrogen-bond acceptors (Lipinski definition) is 7. The SMILES string of the molecule is CCc1nnc2sc(-c3ccc(C)c(NC(=O)c4ccc(-c5cc6ccccc6oc5=O)cc4)c3)nn12. The van der Waals surface area contributed by atoms with E-state index in [4.69, 9.17) is 4.42 Å². The van der Waals surface area contributed by atoms with Gasteiger partial charge in [-0.2, -0.15) is 9.61 Å². The highest BCUT2D eigenvalue weighted by atomic mass is 32.1. The van der Waals surface area contributed by atoms with Gasteiger partial charge in [-0.05, 0) is 48.4 Å². The summed E-state index contributed by atoms with van der Waals surface area (Å²) >= 11 is 1.45. The standard InChI is InChI=1S/C28H21N5O3S/c1-3-24-30-31-28-33(24)32-26(37-28)20-9-8-16(2)22(15-20)29-25(34)18-12-10-17(11-13-18)21-14-19-6-4-5-7-23(19)36-27(21)35/h4-15H,3H2,1-2H3,(H,29,34). The van der Waals surface area contributed by atoms with E-state index in [1.807, 2.05) is 50.2 Å². The highest BCUT2D eigenvalue weighted by molar-refractivity contribution is 7.19. The number of para-hydroxylation sites is 1. The number of anilines is 1. The van der Waals surface area contributed by atoms with Gasteiger partial charge >= 0.3 is 5.63 Å². The van der Waals surface area contributed by atoms with Gasteiger partial charge in [-0.3, -0.25) is 4.79 Å². The first-order valence-electron chi connectivity index (χ1n) is 11.8. The zero-order valence-electron chi connectivity index (χ0n) is 20.1. The van der Waals surface area contributed by atoms with Crippen LogP contribution in [0.2, 0.25) is 0 Å². The zero-order chi connectivity index (χ0) is 25.5. The Labute approximate surface area is 215 Å². The van der Waals surface area contributed by atoms with Crippen molar-refractivity contribution in [1.82, 2.24) is 19.8 Å². The average molecular weight is 508 g/mol. The second-order valence-corrected chi connectivity index (χ2v) is 9.57. The summed E-state index contributed by atoms with van der Waals surface area (Å²) in [6, 6.07) is 21.9. The number of rotatable bonds is 5. The molecule has 0 saturated heterocycles. The number of aromatic nitrogens is 4. The Hall–Kier alpha value is -4.63. The second-order valence-electron chi connectivity index (χ2n) is 8.62. The minimum Gasteiger partial charge on any atom is -0.422 e. The lowest BCUT2D eigenvalue weighted by molar-refractivity contribution is 0.102. The first-order valence-corrected chi connectivity index (χ1v) is 12.6. The lowest BCUT2D eigenvalue weighted by Crippen LogP contribution is -2.13. The van der Waals surface area contributed by atoms with Crippen LogP contribution < -0.4 is 10.9 Å². The molecule has 0 radical (unpaired) electrons. The van der Waals surface area contributed by atoms with Gasteiger partial charge < -0.3 is 9.73 Å². The van der Waals surface area contributed by atoms with E-state index in [-0.39, 0.29) is 5.91 Å². The highest BCUT2D eigenvalue weighted by Crippen LogP contribution is 2.30. The van der Waals surface area contributed by atoms with E-state index in [0.717, 1.165) is 38.7 Å². The molecule has 8 nitrogen and oxygen atoms in total. The van der Waals surface area contributed by atoms with Gasteiger partial charge in [0.25, 0.3) is 5.91 Å². The van der Waals surface area contributed by atoms with E-state index < -0.39 is 5.63 Å². The van der Waals surface area contributed by atoms with E-state index in [1.165, 1.54) is 11.3 Å². The van der Waals surface area contributed by atoms with Gasteiger partial charge in [0.1, 0.15) is 10.6 Å². The Bertz CT molecular complexity index is 1850. The number of benzene rings is 3. The molecular weight excluding hydrogens is 486 g/mol. The average Bonchev–Trinajstić information content (AvgIpc) is 3.51. The number of carbonyl (C=O) groups excluding carboxylic acids is 1. The van der Waals surface area contributed by atoms with Crippen molar-refractivity contribution in [2.75, 3.05) is 5.32 Å². The Morgan fingerprint density at radius 1 is 1.00 bits per heavy atom. The third-order valence-electron chi connectivity index (χ3n) is 6.20. The largest absolute Gasteiger partial charge is 0.422 e. The van der Waals surface area contributed by atoms with E-state index in [9.17, 15) is 9.59 Å². The quantitative estimate of drug-likeness (QED) is 0.298. The summed E-state index contributed by atoms with van der Waals surface area (Å²) in [5, 5.41) is 17.6. The Morgan fingerprint density at radius 2 is 1.78 bits per heavy atom. The monoisotopic (exact) mass is 507 g/mol. The summed E-state index contributed by atoms with van der Waals surface area (Å²) in [7, 11) is 0. The van der Waals surface area contributed by atoms with Gasteiger partial charge in [0.05, 0.1) is 5.56 Å². The van der Waals surface area contributed by atoms with Crippen molar-refractivity contribution < 1.29 is 9.21 Å². The predicted octanol–water partition coefficient (Wildman–Crippen LogP) is 5.75. The van der Waals surface area contributed by atoms with Crippen LogP contribution in [-0.2, 0) is 6.42 Å². The molecule has 1 amide bonds. The fourth-order valence-corrected chi connectivity index (χ4v) is 5.00. The van der Waals surface area contributed by atoms with Crippen LogP contribution in [0.3, 0.4) is 0 Å². The highest BCUT2D eigenvalue weighted by Gasteiger charge is 2.15. The van der Waals surface area contributed by atoms with Crippen molar-refractivity contribution in [2.45, 2.75) is 20.3 Å². The van der Waals surface area contributed by atoms with Crippen LogP contribution in [-0.4, -0.2) is 25.7 Å². The second kappa shape index (κ2) is 9.11. The molecule has 3 aromatic carbocycles. The van der Waals surface area contributed by atoms with Gasteiger partial charge in [-0.15, -0.1) is 10.2 Å². The molecule has 3 aromatic heterocycles. The lowest BCUT2D eigenvalue weighted by atomic mass is 10.0. The molecule has 37 heavy (non-hydrogen) atoms. The minimum atomic E-state index is -0.417. The van der Waals surface area contributed by atoms with Crippen molar-refractivity contribution in [3.8, 4) is 21.7 Å². The molecular formula is C28H21N5O3S. The number of nitrogens with zero attached hydrogens (tertiary/aromatic N) is 4. The molecule has 0 atom stereocenters. The summed E-state index contributed by atoms with van der Waals surface area (Å²) in [5.41, 5.74) is 4.25. The summed E-state index contributed by atoms with van der Waals surface area (Å²) in [6.07, 6.45) is 0.740. The van der Waals surface area contributed by atoms with Crippen molar-refractivity contribution in [3.63, 3.8) is 0 Å². The first-order chi connectivity index (χ1) is 18.0. The number of nitrogens with one attached hydrogen (secondary N) is 1. The predicted molar refractivity (Wildman–Crippen MR) is 144 cm³/mol. The van der Waals surface area contributed by atoms with Gasteiger partial charge in [-0.25, -0.2) is 4.79 Å². The Morgan fingerprint density at radius 3 is 2.59 bits per heavy atom. The van der Waals surface area contributed by atoms with E-state index in [2.05, 4.69) is 20.6 Å². The molecule has 6 rings (SSSR count). The van der Waals surface area contributed by atoms with E-state index in [0.29, 0.717) is 28.0 Å². The maximum atomic E-state index is 13.1. The lowest BCUT2D eigenvalue weighted by Gasteiger charge is -2.10. The number of carbonyl (C=O) groups is 1. The molecule has 9 heteroatoms. The summed E-state index contributed by atoms with van der Waals surface area (Å²) in [4.78, 5) is 26.3. The van der Waals surface area contributed by atoms with Crippen LogP contribution in [0.1, 0.15) is 28.7 Å². The Balaban J connectivity index is 1.25. The molecule has 0 spiro atoms. The first kappa shape index (κ1) is 22.8. The summed E-state index contributed by atoms with van der Waals surface area (Å²) in [5.74, 6) is 0.562. The molecule has 6 aromatic rings. The molecule has 0 aliphatic rings. The number of fused-ring (bicyclic) bond motifs is 2. The molecule has 0 aliphatic carbocycles. The molecule has 0 aliphatic heterocycles. The summed E-state index contributed by atoms with van der Waals surface area (Å²) < 4.78 is 7.20. The van der Waals surface area contributed by atoms with Crippen LogP contribution in [0.4, 0.5) is 5.69 Å². The van der Waals surface area contributed by atoms with Crippen LogP contribution >= 0.6 is 11.3 Å². The number of amides is 1. The van der Waals surface area contributed by atoms with Crippen molar-refractivity contribution in [3.05, 3.63) is 100 Å². The van der Waals surface area contributed by atoms with Gasteiger partial charge in [0.15, 0.2) is 5.82 Å². The normalized spacial score (nSPS) is 11.3. The van der Waals surface area contributed by atoms with E-state index in [1.54, 1.807) is 40.9 Å². The van der Waals surface area contributed by atoms with Crippen LogP contribution in [0, 0.1) is 6.92 Å². The molecule has 3 heterocycles. The van der Waals surface area contributed by atoms with Crippen LogP contribution in [0.25, 0.3) is 37.6 Å². The van der Waals surface area contributed by atoms with Gasteiger partial charge in [0.2, 0.25) is 4.96 Å². The smallest absolute Gasteiger partial charge is 0.344 e.